The molecule has 0 amide bonds. The fourth-order valence-electron chi connectivity index (χ4n) is 3.08. The molecule has 0 saturated heterocycles. The quantitative estimate of drug-likeness (QED) is 0.256. The summed E-state index contributed by atoms with van der Waals surface area (Å²) in [7, 11) is 0.0922. The number of nitrogens with zero attached hydrogens (tertiary/aromatic N) is 4. The minimum Gasteiger partial charge on any atom is -0.440 e. The van der Waals surface area contributed by atoms with Gasteiger partial charge in [0.15, 0.2) is 0 Å². The van der Waals surface area contributed by atoms with Crippen LogP contribution in [0.4, 0.5) is 17.5 Å². The fourth-order valence-corrected chi connectivity index (χ4v) is 3.46. The van der Waals surface area contributed by atoms with Crippen molar-refractivity contribution in [3.8, 4) is 11.8 Å². The van der Waals surface area contributed by atoms with Crippen LogP contribution in [0, 0.1) is 16.6 Å². The first-order valence-electron chi connectivity index (χ1n) is 10.1. The van der Waals surface area contributed by atoms with Gasteiger partial charge in [0, 0.05) is 35.9 Å². The van der Waals surface area contributed by atoms with Crippen LogP contribution in [-0.2, 0) is 21.9 Å². The highest BCUT2D eigenvalue weighted by atomic mass is 32.2. The van der Waals surface area contributed by atoms with E-state index in [0.29, 0.717) is 27.9 Å². The van der Waals surface area contributed by atoms with Crippen LogP contribution < -0.4 is 10.6 Å². The van der Waals surface area contributed by atoms with Crippen LogP contribution in [0.3, 0.4) is 0 Å². The SMILES string of the molecule is C[C@H](CO)Nc1nc(Nc2ccc([S-](=N)=O)cc2)ncc1C#Cc1ccc2nn(C)cc2c1. The zero-order valence-electron chi connectivity index (χ0n) is 18.0. The van der Waals surface area contributed by atoms with Crippen LogP contribution in [-0.4, -0.2) is 37.5 Å². The molecular weight excluding hydrogens is 438 g/mol. The van der Waals surface area contributed by atoms with Crippen molar-refractivity contribution in [1.82, 2.24) is 19.7 Å². The zero-order valence-corrected chi connectivity index (χ0v) is 18.8. The summed E-state index contributed by atoms with van der Waals surface area (Å²) < 4.78 is 20.3. The fraction of sp³-hybridized carbons (Fsp3) is 0.174. The first kappa shape index (κ1) is 22.3. The number of aliphatic hydroxyl groups is 1. The Morgan fingerprint density at radius 1 is 1.21 bits per heavy atom. The van der Waals surface area contributed by atoms with Gasteiger partial charge in [-0.3, -0.25) is 4.68 Å². The Kier molecular flexibility index (Phi) is 6.53. The highest BCUT2D eigenvalue weighted by Crippen LogP contribution is 2.19. The van der Waals surface area contributed by atoms with Crippen molar-refractivity contribution in [1.29, 1.82) is 4.78 Å². The third-order valence-electron chi connectivity index (χ3n) is 4.73. The van der Waals surface area contributed by atoms with E-state index in [1.54, 1.807) is 35.1 Å². The van der Waals surface area contributed by atoms with Gasteiger partial charge in [-0.15, -0.1) is 0 Å². The van der Waals surface area contributed by atoms with E-state index in [1.807, 2.05) is 38.4 Å². The largest absolute Gasteiger partial charge is 0.440 e. The van der Waals surface area contributed by atoms with Gasteiger partial charge < -0.3 is 24.7 Å². The number of fused-ring (bicyclic) bond motifs is 1. The lowest BCUT2D eigenvalue weighted by Gasteiger charge is -2.14. The molecule has 1 atom stereocenters. The van der Waals surface area contributed by atoms with E-state index >= 15 is 0 Å². The molecule has 9 nitrogen and oxygen atoms in total. The van der Waals surface area contributed by atoms with Gasteiger partial charge in [0.2, 0.25) is 5.95 Å². The summed E-state index contributed by atoms with van der Waals surface area (Å²) in [5, 5.41) is 21.1. The average Bonchev–Trinajstić information content (AvgIpc) is 3.18. The molecule has 2 heterocycles. The first-order chi connectivity index (χ1) is 15.9. The van der Waals surface area contributed by atoms with Gasteiger partial charge in [-0.2, -0.15) is 20.7 Å². The molecule has 0 saturated carbocycles. The number of rotatable bonds is 6. The van der Waals surface area contributed by atoms with Gasteiger partial charge in [-0.1, -0.05) is 28.9 Å². The summed E-state index contributed by atoms with van der Waals surface area (Å²) in [5.74, 6) is 7.09. The summed E-state index contributed by atoms with van der Waals surface area (Å²) in [5.41, 5.74) is 3.02. The maximum absolute atomic E-state index is 11.2. The van der Waals surface area contributed by atoms with E-state index in [1.165, 1.54) is 0 Å². The Hall–Kier alpha value is -3.94. The van der Waals surface area contributed by atoms with E-state index in [0.717, 1.165) is 16.5 Å². The number of nitrogens with one attached hydrogen (secondary N) is 3. The van der Waals surface area contributed by atoms with Gasteiger partial charge in [0.1, 0.15) is 5.82 Å². The first-order valence-corrected chi connectivity index (χ1v) is 11.3. The minimum atomic E-state index is -1.79. The number of anilines is 3. The van der Waals surface area contributed by atoms with Crippen LogP contribution in [0.1, 0.15) is 18.1 Å². The lowest BCUT2D eigenvalue weighted by Crippen LogP contribution is -2.21. The second-order valence-corrected chi connectivity index (χ2v) is 8.44. The zero-order chi connectivity index (χ0) is 23.4. The predicted molar refractivity (Wildman–Crippen MR) is 128 cm³/mol. The molecule has 10 heteroatoms. The van der Waals surface area contributed by atoms with Crippen LogP contribution in [0.5, 0.6) is 0 Å². The number of hydrogen-bond donors (Lipinski definition) is 4. The number of aliphatic hydroxyl groups excluding tert-OH is 1. The molecule has 0 aliphatic heterocycles. The van der Waals surface area contributed by atoms with Crippen LogP contribution in [0.25, 0.3) is 10.9 Å². The van der Waals surface area contributed by atoms with Gasteiger partial charge in [0.25, 0.3) is 0 Å². The van der Waals surface area contributed by atoms with Crippen molar-refractivity contribution >= 4 is 39.0 Å². The second kappa shape index (κ2) is 9.68. The van der Waals surface area contributed by atoms with Crippen LogP contribution >= 0.6 is 0 Å². The number of aromatic nitrogens is 4. The summed E-state index contributed by atoms with van der Waals surface area (Å²) >= 11 is 0. The van der Waals surface area contributed by atoms with Crippen molar-refractivity contribution in [2.45, 2.75) is 17.9 Å². The second-order valence-electron chi connectivity index (χ2n) is 7.43. The number of benzene rings is 2. The molecule has 4 rings (SSSR count). The molecule has 33 heavy (non-hydrogen) atoms. The smallest absolute Gasteiger partial charge is 0.229 e. The molecule has 4 aromatic rings. The molecule has 0 spiro atoms. The Morgan fingerprint density at radius 3 is 2.73 bits per heavy atom. The number of aryl methyl sites for hydroxylation is 1. The number of hydrogen-bond acceptors (Lipinski definition) is 9. The summed E-state index contributed by atoms with van der Waals surface area (Å²) in [6.07, 6.45) is 3.55. The van der Waals surface area contributed by atoms with Gasteiger partial charge in [-0.05, 0) is 37.3 Å². The van der Waals surface area contributed by atoms with Gasteiger partial charge in [0.05, 0.1) is 23.9 Å². The molecule has 0 aliphatic rings. The molecule has 0 bridgehead atoms. The molecule has 0 radical (unpaired) electrons. The maximum atomic E-state index is 11.2. The Balaban J connectivity index is 1.62. The van der Waals surface area contributed by atoms with Gasteiger partial charge >= 0.3 is 0 Å². The lowest BCUT2D eigenvalue weighted by molar-refractivity contribution is 0.281. The topological polar surface area (TPSA) is 129 Å². The van der Waals surface area contributed by atoms with E-state index in [9.17, 15) is 9.32 Å². The van der Waals surface area contributed by atoms with Crippen molar-refractivity contribution in [2.24, 2.45) is 7.05 Å². The molecule has 0 unspecified atom stereocenters. The standard InChI is InChI=1S/C23H22N7O2S/c1-15(14-31)26-22-17(5-3-16-4-10-21-18(11-16)13-30(2)29-21)12-25-23(28-22)27-19-6-8-20(9-7-19)33(24)32/h4,6-13,15,24,31H,14H2,1-2H3,(H2,25,26,27,28)/q-1/t15-/m1/s1. The average molecular weight is 461 g/mol. The molecule has 2 aromatic carbocycles. The third kappa shape index (κ3) is 5.46. The summed E-state index contributed by atoms with van der Waals surface area (Å²) in [4.78, 5) is 9.29. The highest BCUT2D eigenvalue weighted by Gasteiger charge is 2.09. The van der Waals surface area contributed by atoms with Crippen molar-refractivity contribution in [3.63, 3.8) is 0 Å². The lowest BCUT2D eigenvalue weighted by atomic mass is 10.1. The maximum Gasteiger partial charge on any atom is 0.229 e. The predicted octanol–water partition coefficient (Wildman–Crippen LogP) is 3.38. The highest BCUT2D eigenvalue weighted by molar-refractivity contribution is 7.73. The van der Waals surface area contributed by atoms with E-state index < -0.39 is 10.6 Å². The third-order valence-corrected chi connectivity index (χ3v) is 5.43. The van der Waals surface area contributed by atoms with E-state index in [2.05, 4.69) is 37.5 Å². The minimum absolute atomic E-state index is 0.0664. The monoisotopic (exact) mass is 460 g/mol. The Labute approximate surface area is 192 Å². The van der Waals surface area contributed by atoms with Crippen LogP contribution in [0.2, 0.25) is 0 Å². The molecular formula is C23H22N7O2S-. The van der Waals surface area contributed by atoms with Gasteiger partial charge in [-0.25, -0.2) is 4.98 Å². The summed E-state index contributed by atoms with van der Waals surface area (Å²) in [6, 6.07) is 12.2. The Bertz CT molecular complexity index is 1420. The van der Waals surface area contributed by atoms with E-state index in [-0.39, 0.29) is 12.6 Å². The normalized spacial score (nSPS) is 11.8. The van der Waals surface area contributed by atoms with Crippen molar-refractivity contribution < 1.29 is 9.32 Å². The van der Waals surface area contributed by atoms with E-state index in [4.69, 9.17) is 4.78 Å². The molecule has 0 fully saturated rings. The summed E-state index contributed by atoms with van der Waals surface area (Å²) in [6.45, 7) is 1.77. The molecule has 168 valence electrons. The van der Waals surface area contributed by atoms with Crippen molar-refractivity contribution in [2.75, 3.05) is 17.2 Å². The molecule has 2 aromatic heterocycles. The van der Waals surface area contributed by atoms with Crippen molar-refractivity contribution in [3.05, 3.63) is 66.0 Å². The molecule has 0 aliphatic carbocycles. The van der Waals surface area contributed by atoms with Crippen LogP contribution in [0.15, 0.2) is 59.8 Å². The Morgan fingerprint density at radius 2 is 2.00 bits per heavy atom. The molecule has 4 N–H and O–H groups in total.